The molecular formula is C12H15NO12. The predicted molar refractivity (Wildman–Crippen MR) is 72.9 cm³/mol. The molecule has 25 heavy (non-hydrogen) atoms. The molecule has 0 amide bonds. The fraction of sp³-hybridized carbons (Fsp3) is 0.500. The van der Waals surface area contributed by atoms with Gasteiger partial charge in [-0.25, -0.2) is 0 Å². The molecule has 0 rings (SSSR count). The topological polar surface area (TPSA) is 227 Å². The van der Waals surface area contributed by atoms with Crippen molar-refractivity contribution in [2.45, 2.75) is 37.4 Å². The first-order valence-corrected chi connectivity index (χ1v) is 6.49. The molecule has 0 heterocycles. The second-order valence-corrected chi connectivity index (χ2v) is 4.80. The summed E-state index contributed by atoms with van der Waals surface area (Å²) < 4.78 is 0. The van der Waals surface area contributed by atoms with Gasteiger partial charge in [0.05, 0.1) is 19.3 Å². The molecule has 0 aromatic carbocycles. The van der Waals surface area contributed by atoms with Gasteiger partial charge in [0.15, 0.2) is 0 Å². The van der Waals surface area contributed by atoms with E-state index in [4.69, 9.17) is 30.6 Å². The summed E-state index contributed by atoms with van der Waals surface area (Å²) in [6.45, 7) is 0. The monoisotopic (exact) mass is 365 g/mol. The normalized spacial score (nSPS) is 14.3. The summed E-state index contributed by atoms with van der Waals surface area (Å²) in [6.07, 6.45) is -3.83. The average Bonchev–Trinajstić information content (AvgIpc) is 2.42. The fourth-order valence-corrected chi connectivity index (χ4v) is 2.11. The van der Waals surface area contributed by atoms with E-state index in [0.717, 1.165) is 0 Å². The van der Waals surface area contributed by atoms with Crippen LogP contribution in [-0.2, 0) is 28.8 Å². The molecule has 3 unspecified atom stereocenters. The second kappa shape index (κ2) is 9.17. The van der Waals surface area contributed by atoms with Gasteiger partial charge in [0.25, 0.3) is 0 Å². The lowest BCUT2D eigenvalue weighted by Gasteiger charge is -2.36. The van der Waals surface area contributed by atoms with E-state index in [1.165, 1.54) is 0 Å². The van der Waals surface area contributed by atoms with E-state index in [1.807, 2.05) is 0 Å². The molecule has 3 atom stereocenters. The summed E-state index contributed by atoms with van der Waals surface area (Å²) in [6, 6.07) is -6.84. The summed E-state index contributed by atoms with van der Waals surface area (Å²) >= 11 is 0. The largest absolute Gasteiger partial charge is 0.481 e. The maximum absolute atomic E-state index is 11.3. The SMILES string of the molecule is O=C(O)CC(C(=O)O)N(C(CC(=O)O)C(=O)O)C(CC(=O)O)C(=O)O. The van der Waals surface area contributed by atoms with Crippen LogP contribution in [-0.4, -0.2) is 89.5 Å². The summed E-state index contributed by atoms with van der Waals surface area (Å²) in [7, 11) is 0. The van der Waals surface area contributed by atoms with E-state index < -0.39 is 73.2 Å². The number of aliphatic carboxylic acids is 6. The molecule has 0 aromatic rings. The molecule has 0 aliphatic carbocycles. The number of hydrogen-bond acceptors (Lipinski definition) is 7. The van der Waals surface area contributed by atoms with Gasteiger partial charge >= 0.3 is 35.8 Å². The molecule has 0 radical (unpaired) electrons. The van der Waals surface area contributed by atoms with Crippen LogP contribution >= 0.6 is 0 Å². The third-order valence-electron chi connectivity index (χ3n) is 3.04. The lowest BCUT2D eigenvalue weighted by Crippen LogP contribution is -2.59. The van der Waals surface area contributed by atoms with Gasteiger partial charge < -0.3 is 30.6 Å². The van der Waals surface area contributed by atoms with Gasteiger partial charge in [-0.3, -0.25) is 33.7 Å². The minimum Gasteiger partial charge on any atom is -0.481 e. The molecule has 0 aliphatic rings. The van der Waals surface area contributed by atoms with E-state index in [1.54, 1.807) is 0 Å². The number of nitrogens with zero attached hydrogens (tertiary/aromatic N) is 1. The first-order chi connectivity index (χ1) is 11.4. The van der Waals surface area contributed by atoms with E-state index in [-0.39, 0.29) is 4.90 Å². The Kier molecular flexibility index (Phi) is 7.99. The van der Waals surface area contributed by atoms with Crippen molar-refractivity contribution >= 4 is 35.8 Å². The molecule has 140 valence electrons. The van der Waals surface area contributed by atoms with Crippen molar-refractivity contribution in [1.82, 2.24) is 4.90 Å². The molecule has 0 bridgehead atoms. The summed E-state index contributed by atoms with van der Waals surface area (Å²) in [5, 5.41) is 53.7. The third-order valence-corrected chi connectivity index (χ3v) is 3.04. The van der Waals surface area contributed by atoms with Crippen LogP contribution in [0.5, 0.6) is 0 Å². The standard InChI is InChI=1S/C12H15NO12/c14-7(15)1-4(10(20)21)13(5(11(22)23)2-8(16)17)6(12(24)25)3-9(18)19/h4-6H,1-3H2,(H,14,15)(H,16,17)(H,18,19)(H,20,21)(H,22,23)(H,24,25). The lowest BCUT2D eigenvalue weighted by atomic mass is 10.0. The Morgan fingerprint density at radius 3 is 0.840 bits per heavy atom. The van der Waals surface area contributed by atoms with Crippen molar-refractivity contribution in [3.63, 3.8) is 0 Å². The number of rotatable bonds is 12. The Bertz CT molecular complexity index is 504. The van der Waals surface area contributed by atoms with Crippen LogP contribution in [0.25, 0.3) is 0 Å². The first kappa shape index (κ1) is 21.8. The van der Waals surface area contributed by atoms with Gasteiger partial charge in [0.2, 0.25) is 0 Å². The van der Waals surface area contributed by atoms with E-state index in [0.29, 0.717) is 0 Å². The van der Waals surface area contributed by atoms with E-state index in [9.17, 15) is 28.8 Å². The minimum atomic E-state index is -2.28. The van der Waals surface area contributed by atoms with Crippen LogP contribution in [0.15, 0.2) is 0 Å². The van der Waals surface area contributed by atoms with Crippen LogP contribution in [0.4, 0.5) is 0 Å². The maximum Gasteiger partial charge on any atom is 0.321 e. The van der Waals surface area contributed by atoms with Gasteiger partial charge in [-0.05, 0) is 0 Å². The minimum absolute atomic E-state index is 0.0728. The van der Waals surface area contributed by atoms with Crippen molar-refractivity contribution in [2.75, 3.05) is 0 Å². The molecule has 0 saturated heterocycles. The highest BCUT2D eigenvalue weighted by Crippen LogP contribution is 2.20. The number of carboxylic acid groups (broad SMARTS) is 6. The van der Waals surface area contributed by atoms with Gasteiger partial charge in [-0.15, -0.1) is 0 Å². The van der Waals surface area contributed by atoms with E-state index in [2.05, 4.69) is 0 Å². The summed E-state index contributed by atoms with van der Waals surface area (Å²) in [5.74, 6) is -11.1. The highest BCUT2D eigenvalue weighted by Gasteiger charge is 2.45. The molecule has 0 aliphatic heterocycles. The molecule has 0 spiro atoms. The van der Waals surface area contributed by atoms with Crippen molar-refractivity contribution in [3.05, 3.63) is 0 Å². The Labute approximate surface area is 138 Å². The first-order valence-electron chi connectivity index (χ1n) is 6.49. The Balaban J connectivity index is 6.28. The molecule has 0 aromatic heterocycles. The maximum atomic E-state index is 11.3. The molecule has 0 saturated carbocycles. The van der Waals surface area contributed by atoms with Crippen molar-refractivity contribution < 1.29 is 59.4 Å². The zero-order chi connectivity index (χ0) is 19.9. The van der Waals surface area contributed by atoms with Gasteiger partial charge in [-0.1, -0.05) is 0 Å². The Hall–Kier alpha value is -3.22. The highest BCUT2D eigenvalue weighted by atomic mass is 16.4. The predicted octanol–water partition coefficient (Wildman–Crippen LogP) is -1.93. The molecule has 0 fully saturated rings. The van der Waals surface area contributed by atoms with Crippen LogP contribution in [0.3, 0.4) is 0 Å². The van der Waals surface area contributed by atoms with Crippen molar-refractivity contribution in [3.8, 4) is 0 Å². The molecule has 6 N–H and O–H groups in total. The molecule has 13 nitrogen and oxygen atoms in total. The van der Waals surface area contributed by atoms with Gasteiger partial charge in [0, 0.05) is 0 Å². The third kappa shape index (κ3) is 6.82. The van der Waals surface area contributed by atoms with Crippen LogP contribution in [0, 0.1) is 0 Å². The fourth-order valence-electron chi connectivity index (χ4n) is 2.11. The number of carboxylic acids is 6. The quantitative estimate of drug-likeness (QED) is 0.222. The van der Waals surface area contributed by atoms with Gasteiger partial charge in [0.1, 0.15) is 18.1 Å². The van der Waals surface area contributed by atoms with Crippen LogP contribution in [0.1, 0.15) is 19.3 Å². The zero-order valence-corrected chi connectivity index (χ0v) is 12.4. The Morgan fingerprint density at radius 2 is 0.720 bits per heavy atom. The van der Waals surface area contributed by atoms with Crippen molar-refractivity contribution in [1.29, 1.82) is 0 Å². The number of hydrogen-bond donors (Lipinski definition) is 6. The van der Waals surface area contributed by atoms with Crippen LogP contribution < -0.4 is 0 Å². The average molecular weight is 365 g/mol. The van der Waals surface area contributed by atoms with Crippen molar-refractivity contribution in [2.24, 2.45) is 0 Å². The highest BCUT2D eigenvalue weighted by molar-refractivity contribution is 5.87. The lowest BCUT2D eigenvalue weighted by molar-refractivity contribution is -0.167. The summed E-state index contributed by atoms with van der Waals surface area (Å²) in [4.78, 5) is 66.5. The molecular weight excluding hydrogens is 350 g/mol. The van der Waals surface area contributed by atoms with Crippen LogP contribution in [0.2, 0.25) is 0 Å². The second-order valence-electron chi connectivity index (χ2n) is 4.80. The Morgan fingerprint density at radius 1 is 0.520 bits per heavy atom. The summed E-state index contributed by atoms with van der Waals surface area (Å²) in [5.41, 5.74) is 0. The van der Waals surface area contributed by atoms with Gasteiger partial charge in [-0.2, -0.15) is 0 Å². The number of carbonyl (C=O) groups is 6. The van der Waals surface area contributed by atoms with E-state index >= 15 is 0 Å². The smallest absolute Gasteiger partial charge is 0.321 e. The zero-order valence-electron chi connectivity index (χ0n) is 12.4. The molecule has 13 heteroatoms.